The first-order valence-corrected chi connectivity index (χ1v) is 11.3. The lowest BCUT2D eigenvalue weighted by Gasteiger charge is -2.23. The van der Waals surface area contributed by atoms with Crippen molar-refractivity contribution in [3.05, 3.63) is 63.5 Å². The van der Waals surface area contributed by atoms with E-state index in [1.807, 2.05) is 6.07 Å². The van der Waals surface area contributed by atoms with Crippen LogP contribution >= 0.6 is 39.5 Å². The highest BCUT2D eigenvalue weighted by molar-refractivity contribution is 9.10. The molecule has 0 amide bonds. The Morgan fingerprint density at radius 3 is 2.90 bits per heavy atom. The molecule has 3 aromatic rings. The average molecular weight is 510 g/mol. The van der Waals surface area contributed by atoms with Gasteiger partial charge in [-0.2, -0.15) is 5.10 Å². The lowest BCUT2D eigenvalue weighted by atomic mass is 9.94. The van der Waals surface area contributed by atoms with Crippen molar-refractivity contribution in [2.45, 2.75) is 36.7 Å². The van der Waals surface area contributed by atoms with Crippen LogP contribution in [0.1, 0.15) is 30.1 Å². The van der Waals surface area contributed by atoms with Crippen LogP contribution in [0.2, 0.25) is 5.02 Å². The summed E-state index contributed by atoms with van der Waals surface area (Å²) in [7, 11) is 0. The molecule has 0 aliphatic heterocycles. The molecule has 0 bridgehead atoms. The Labute approximate surface area is 191 Å². The van der Waals surface area contributed by atoms with Crippen molar-refractivity contribution in [2.75, 3.05) is 0 Å². The topological polar surface area (TPSA) is 89.3 Å². The molecule has 10 heteroatoms. The fourth-order valence-electron chi connectivity index (χ4n) is 3.30. The van der Waals surface area contributed by atoms with Gasteiger partial charge in [0, 0.05) is 33.4 Å². The molecule has 2 aromatic heterocycles. The molecule has 1 atom stereocenters. The maximum Gasteiger partial charge on any atom is 0.325 e. The second kappa shape index (κ2) is 9.38. The van der Waals surface area contributed by atoms with E-state index in [0.29, 0.717) is 16.7 Å². The summed E-state index contributed by atoms with van der Waals surface area (Å²) in [6, 6.07) is 9.13. The third kappa shape index (κ3) is 4.97. The van der Waals surface area contributed by atoms with Crippen LogP contribution in [-0.4, -0.2) is 25.8 Å². The number of pyridine rings is 1. The maximum absolute atomic E-state index is 11.0. The second-order valence-electron chi connectivity index (χ2n) is 6.78. The van der Waals surface area contributed by atoms with E-state index in [1.54, 1.807) is 41.3 Å². The van der Waals surface area contributed by atoms with E-state index in [1.165, 1.54) is 11.9 Å². The third-order valence-electron chi connectivity index (χ3n) is 4.68. The molecule has 0 spiro atoms. The minimum absolute atomic E-state index is 0.102. The number of carboxylic acid groups (broad SMARTS) is 1. The summed E-state index contributed by atoms with van der Waals surface area (Å²) < 4.78 is 11.6. The van der Waals surface area contributed by atoms with Gasteiger partial charge in [0.1, 0.15) is 12.3 Å². The molecule has 30 heavy (non-hydrogen) atoms. The monoisotopic (exact) mass is 508 g/mol. The van der Waals surface area contributed by atoms with Gasteiger partial charge < -0.3 is 9.84 Å². The van der Waals surface area contributed by atoms with Crippen molar-refractivity contribution in [2.24, 2.45) is 0 Å². The van der Waals surface area contributed by atoms with E-state index >= 15 is 0 Å². The molecule has 1 aliphatic carbocycles. The van der Waals surface area contributed by atoms with Gasteiger partial charge in [-0.05, 0) is 77.5 Å². The maximum atomic E-state index is 11.0. The van der Waals surface area contributed by atoms with Gasteiger partial charge in [0.05, 0.1) is 10.7 Å². The van der Waals surface area contributed by atoms with Crippen molar-refractivity contribution in [3.8, 4) is 11.6 Å². The highest BCUT2D eigenvalue weighted by atomic mass is 79.9. The van der Waals surface area contributed by atoms with Gasteiger partial charge in [-0.15, -0.1) is 0 Å². The van der Waals surface area contributed by atoms with Gasteiger partial charge in [-0.1, -0.05) is 11.6 Å². The van der Waals surface area contributed by atoms with Crippen molar-refractivity contribution >= 4 is 45.4 Å². The zero-order valence-corrected chi connectivity index (χ0v) is 18.9. The van der Waals surface area contributed by atoms with Gasteiger partial charge in [0.2, 0.25) is 5.88 Å². The number of nitrogens with one attached hydrogen (secondary N) is 1. The Balaban J connectivity index is 1.41. The fourth-order valence-corrected chi connectivity index (χ4v) is 4.81. The number of halogens is 2. The van der Waals surface area contributed by atoms with Crippen LogP contribution in [0.4, 0.5) is 0 Å². The molecule has 0 saturated carbocycles. The first kappa shape index (κ1) is 21.2. The van der Waals surface area contributed by atoms with E-state index in [4.69, 9.17) is 21.4 Å². The number of benzene rings is 1. The second-order valence-corrected chi connectivity index (χ2v) is 8.98. The number of carboxylic acids is 1. The van der Waals surface area contributed by atoms with E-state index in [0.717, 1.165) is 39.9 Å². The summed E-state index contributed by atoms with van der Waals surface area (Å²) in [4.78, 5) is 16.3. The largest absolute Gasteiger partial charge is 0.480 e. The van der Waals surface area contributed by atoms with Gasteiger partial charge in [0.25, 0.3) is 0 Å². The first-order valence-electron chi connectivity index (χ1n) is 9.27. The summed E-state index contributed by atoms with van der Waals surface area (Å²) in [5.74, 6) is 0.234. The summed E-state index contributed by atoms with van der Waals surface area (Å²) >= 11 is 10.9. The minimum atomic E-state index is -0.887. The van der Waals surface area contributed by atoms with Crippen LogP contribution in [0.5, 0.6) is 11.6 Å². The van der Waals surface area contributed by atoms with E-state index in [-0.39, 0.29) is 12.6 Å². The highest BCUT2D eigenvalue weighted by Gasteiger charge is 2.25. The Kier molecular flexibility index (Phi) is 6.62. The predicted molar refractivity (Wildman–Crippen MR) is 118 cm³/mol. The van der Waals surface area contributed by atoms with Crippen molar-refractivity contribution < 1.29 is 14.6 Å². The van der Waals surface area contributed by atoms with Crippen LogP contribution < -0.4 is 9.46 Å². The predicted octanol–water partition coefficient (Wildman–Crippen LogP) is 5.25. The quantitative estimate of drug-likeness (QED) is 0.421. The number of nitrogens with zero attached hydrogens (tertiary/aromatic N) is 3. The third-order valence-corrected chi connectivity index (χ3v) is 6.36. The summed E-state index contributed by atoms with van der Waals surface area (Å²) in [5, 5.41) is 14.0. The molecule has 1 unspecified atom stereocenters. The number of aromatic nitrogens is 3. The van der Waals surface area contributed by atoms with Gasteiger partial charge in [-0.25, -0.2) is 4.98 Å². The molecule has 2 heterocycles. The summed E-state index contributed by atoms with van der Waals surface area (Å²) in [6.07, 6.45) is 6.30. The molecule has 4 rings (SSSR count). The molecule has 7 nitrogen and oxygen atoms in total. The molecule has 1 aromatic carbocycles. The standard InChI is InChI=1S/C20H18BrClN4O3S/c21-16-8-14(9-23-20(16)29-13-6-4-12(22)5-7-13)30-25-17-2-1-3-18-15(17)10-24-26(18)11-19(27)28/h4-10,17,25H,1-3,11H2,(H,27,28). The number of hydrogen-bond donors (Lipinski definition) is 2. The molecule has 0 radical (unpaired) electrons. The normalized spacial score (nSPS) is 15.6. The molecular formula is C20H18BrClN4O3S. The number of hydrogen-bond acceptors (Lipinski definition) is 6. The number of rotatable bonds is 7. The van der Waals surface area contributed by atoms with Gasteiger partial charge in [-0.3, -0.25) is 14.2 Å². The van der Waals surface area contributed by atoms with Crippen LogP contribution in [-0.2, 0) is 17.8 Å². The van der Waals surface area contributed by atoms with Crippen molar-refractivity contribution in [3.63, 3.8) is 0 Å². The SMILES string of the molecule is O=C(O)Cn1ncc2c1CCCC2NSc1cnc(Oc2ccc(Cl)cc2)c(Br)c1. The lowest BCUT2D eigenvalue weighted by molar-refractivity contribution is -0.137. The number of aliphatic carboxylic acids is 1. The fraction of sp³-hybridized carbons (Fsp3) is 0.250. The number of carbonyl (C=O) groups is 1. The Bertz CT molecular complexity index is 1060. The smallest absolute Gasteiger partial charge is 0.325 e. The Morgan fingerprint density at radius 2 is 2.17 bits per heavy atom. The Hall–Kier alpha value is -2.07. The first-order chi connectivity index (χ1) is 14.5. The zero-order valence-electron chi connectivity index (χ0n) is 15.7. The zero-order chi connectivity index (χ0) is 21.1. The van der Waals surface area contributed by atoms with Crippen LogP contribution in [0.15, 0.2) is 52.1 Å². The van der Waals surface area contributed by atoms with E-state index < -0.39 is 5.97 Å². The van der Waals surface area contributed by atoms with E-state index in [9.17, 15) is 4.79 Å². The molecule has 1 aliphatic rings. The van der Waals surface area contributed by atoms with Crippen LogP contribution in [0.25, 0.3) is 0 Å². The molecule has 2 N–H and O–H groups in total. The Morgan fingerprint density at radius 1 is 1.37 bits per heavy atom. The van der Waals surface area contributed by atoms with E-state index in [2.05, 4.69) is 30.7 Å². The minimum Gasteiger partial charge on any atom is -0.480 e. The molecule has 0 fully saturated rings. The molecule has 156 valence electrons. The summed E-state index contributed by atoms with van der Waals surface area (Å²) in [6.45, 7) is -0.110. The molecule has 0 saturated heterocycles. The van der Waals surface area contributed by atoms with Gasteiger partial charge >= 0.3 is 5.97 Å². The van der Waals surface area contributed by atoms with Crippen molar-refractivity contribution in [1.29, 1.82) is 0 Å². The number of fused-ring (bicyclic) bond motifs is 1. The lowest BCUT2D eigenvalue weighted by Crippen LogP contribution is -2.22. The van der Waals surface area contributed by atoms with Crippen LogP contribution in [0, 0.1) is 0 Å². The van der Waals surface area contributed by atoms with Gasteiger partial charge in [0.15, 0.2) is 0 Å². The molecular weight excluding hydrogens is 492 g/mol. The van der Waals surface area contributed by atoms with Crippen LogP contribution in [0.3, 0.4) is 0 Å². The van der Waals surface area contributed by atoms with Crippen molar-refractivity contribution in [1.82, 2.24) is 19.5 Å². The summed E-state index contributed by atoms with van der Waals surface area (Å²) in [5.41, 5.74) is 2.05. The average Bonchev–Trinajstić information content (AvgIpc) is 3.13. The highest BCUT2D eigenvalue weighted by Crippen LogP contribution is 2.34. The number of ether oxygens (including phenoxy) is 1.